The summed E-state index contributed by atoms with van der Waals surface area (Å²) in [4.78, 5) is 14.3. The Hall–Kier alpha value is -3.21. The van der Waals surface area contributed by atoms with E-state index in [4.69, 9.17) is 0 Å². The lowest BCUT2D eigenvalue weighted by Gasteiger charge is -2.08. The van der Waals surface area contributed by atoms with E-state index < -0.39 is 6.10 Å². The first-order chi connectivity index (χ1) is 14.2. The molecule has 1 atom stereocenters. The summed E-state index contributed by atoms with van der Waals surface area (Å²) >= 11 is 1.51. The van der Waals surface area contributed by atoms with Crippen LogP contribution in [0, 0.1) is 0 Å². The van der Waals surface area contributed by atoms with Crippen LogP contribution in [-0.4, -0.2) is 11.0 Å². The van der Waals surface area contributed by atoms with Crippen molar-refractivity contribution in [2.75, 3.05) is 0 Å². The molecule has 2 N–H and O–H groups in total. The maximum atomic E-state index is 12.5. The molecule has 0 saturated heterocycles. The smallest absolute Gasteiger partial charge is 0.251 e. The monoisotopic (exact) mass is 399 g/mol. The van der Waals surface area contributed by atoms with Crippen molar-refractivity contribution in [3.8, 4) is 11.1 Å². The van der Waals surface area contributed by atoms with E-state index in [2.05, 4.69) is 5.32 Å². The van der Waals surface area contributed by atoms with Crippen LogP contribution in [-0.2, 0) is 6.54 Å². The normalized spacial score (nSPS) is 11.8. The summed E-state index contributed by atoms with van der Waals surface area (Å²) in [5, 5.41) is 13.5. The van der Waals surface area contributed by atoms with Gasteiger partial charge >= 0.3 is 0 Å². The predicted molar refractivity (Wildman–Crippen MR) is 118 cm³/mol. The van der Waals surface area contributed by atoms with Crippen molar-refractivity contribution < 1.29 is 9.90 Å². The molecule has 3 aromatic carbocycles. The number of rotatable bonds is 6. The summed E-state index contributed by atoms with van der Waals surface area (Å²) in [6, 6.07) is 31.1. The van der Waals surface area contributed by atoms with Gasteiger partial charge in [0.25, 0.3) is 5.91 Å². The molecule has 29 heavy (non-hydrogen) atoms. The zero-order valence-corrected chi connectivity index (χ0v) is 16.6. The number of thiophene rings is 1. The number of hydrogen-bond acceptors (Lipinski definition) is 3. The van der Waals surface area contributed by atoms with Crippen molar-refractivity contribution in [1.29, 1.82) is 0 Å². The average Bonchev–Trinajstić information content (AvgIpc) is 3.27. The molecule has 1 unspecified atom stereocenters. The summed E-state index contributed by atoms with van der Waals surface area (Å²) in [7, 11) is 0. The van der Waals surface area contributed by atoms with Gasteiger partial charge in [0.1, 0.15) is 6.10 Å². The van der Waals surface area contributed by atoms with Crippen LogP contribution in [0.25, 0.3) is 11.1 Å². The molecule has 0 aliphatic heterocycles. The number of benzene rings is 3. The Morgan fingerprint density at radius 2 is 1.41 bits per heavy atom. The fourth-order valence-corrected chi connectivity index (χ4v) is 4.12. The summed E-state index contributed by atoms with van der Waals surface area (Å²) in [6.45, 7) is 0.436. The number of aliphatic hydroxyl groups excluding tert-OH is 1. The van der Waals surface area contributed by atoms with Gasteiger partial charge < -0.3 is 10.4 Å². The molecule has 0 aliphatic carbocycles. The zero-order chi connectivity index (χ0) is 20.1. The van der Waals surface area contributed by atoms with E-state index in [1.54, 1.807) is 0 Å². The molecule has 0 saturated carbocycles. The van der Waals surface area contributed by atoms with E-state index in [1.165, 1.54) is 11.3 Å². The second kappa shape index (κ2) is 8.86. The molecule has 4 aromatic rings. The molecule has 1 heterocycles. The first kappa shape index (κ1) is 19.1. The molecule has 4 rings (SSSR count). The minimum Gasteiger partial charge on any atom is -0.383 e. The van der Waals surface area contributed by atoms with Gasteiger partial charge in [-0.15, -0.1) is 11.3 Å². The van der Waals surface area contributed by atoms with E-state index in [-0.39, 0.29) is 5.91 Å². The minimum absolute atomic E-state index is 0.108. The van der Waals surface area contributed by atoms with Crippen LogP contribution in [0.4, 0.5) is 0 Å². The van der Waals surface area contributed by atoms with E-state index >= 15 is 0 Å². The summed E-state index contributed by atoms with van der Waals surface area (Å²) in [5.41, 5.74) is 3.71. The summed E-state index contributed by atoms with van der Waals surface area (Å²) < 4.78 is 0. The molecule has 0 spiro atoms. The SMILES string of the molecule is O=C(NCc1ccc(C(O)c2ccccc2)s1)c1ccc(-c2ccccc2)cc1. The lowest BCUT2D eigenvalue weighted by atomic mass is 10.0. The highest BCUT2D eigenvalue weighted by Gasteiger charge is 2.13. The molecular weight excluding hydrogens is 378 g/mol. The van der Waals surface area contributed by atoms with Crippen LogP contribution in [0.15, 0.2) is 97.1 Å². The third-order valence-corrected chi connectivity index (χ3v) is 5.88. The third-order valence-electron chi connectivity index (χ3n) is 4.74. The van der Waals surface area contributed by atoms with Gasteiger partial charge in [-0.05, 0) is 41.0 Å². The molecule has 0 radical (unpaired) electrons. The molecule has 0 fully saturated rings. The fourth-order valence-electron chi connectivity index (χ4n) is 3.15. The molecule has 0 aliphatic rings. The van der Waals surface area contributed by atoms with Crippen LogP contribution < -0.4 is 5.32 Å². The molecule has 4 heteroatoms. The maximum absolute atomic E-state index is 12.5. The second-order valence-corrected chi connectivity index (χ2v) is 7.94. The number of carbonyl (C=O) groups is 1. The van der Waals surface area contributed by atoms with Gasteiger partial charge in [-0.2, -0.15) is 0 Å². The van der Waals surface area contributed by atoms with Gasteiger partial charge in [0.05, 0.1) is 6.54 Å². The highest BCUT2D eigenvalue weighted by molar-refractivity contribution is 7.12. The lowest BCUT2D eigenvalue weighted by molar-refractivity contribution is 0.0951. The topological polar surface area (TPSA) is 49.3 Å². The van der Waals surface area contributed by atoms with E-state index in [1.807, 2.05) is 97.1 Å². The largest absolute Gasteiger partial charge is 0.383 e. The van der Waals surface area contributed by atoms with Gasteiger partial charge in [-0.1, -0.05) is 72.8 Å². The van der Waals surface area contributed by atoms with Gasteiger partial charge in [0, 0.05) is 15.3 Å². The molecular formula is C25H21NO2S. The number of carbonyl (C=O) groups excluding carboxylic acids is 1. The molecule has 144 valence electrons. The summed E-state index contributed by atoms with van der Waals surface area (Å²) in [5.74, 6) is -0.108. The fraction of sp³-hybridized carbons (Fsp3) is 0.0800. The Morgan fingerprint density at radius 3 is 2.10 bits per heavy atom. The number of hydrogen-bond donors (Lipinski definition) is 2. The van der Waals surface area contributed by atoms with Gasteiger partial charge in [0.2, 0.25) is 0 Å². The quantitative estimate of drug-likeness (QED) is 0.454. The van der Waals surface area contributed by atoms with Crippen molar-refractivity contribution in [2.45, 2.75) is 12.6 Å². The molecule has 0 bridgehead atoms. The number of amides is 1. The highest BCUT2D eigenvalue weighted by atomic mass is 32.1. The Kier molecular flexibility index (Phi) is 5.84. The Morgan fingerprint density at radius 1 is 0.793 bits per heavy atom. The standard InChI is InChI=1S/C25H21NO2S/c27-24(20-9-5-2-6-10-20)23-16-15-22(29-23)17-26-25(28)21-13-11-19(12-14-21)18-7-3-1-4-8-18/h1-16,24,27H,17H2,(H,26,28). The Labute approximate surface area is 174 Å². The van der Waals surface area contributed by atoms with Crippen molar-refractivity contribution in [2.24, 2.45) is 0 Å². The van der Waals surface area contributed by atoms with Crippen LogP contribution >= 0.6 is 11.3 Å². The maximum Gasteiger partial charge on any atom is 0.251 e. The van der Waals surface area contributed by atoms with Gasteiger partial charge in [0.15, 0.2) is 0 Å². The molecule has 1 aromatic heterocycles. The third kappa shape index (κ3) is 4.62. The Bertz CT molecular complexity index is 1070. The van der Waals surface area contributed by atoms with Crippen LogP contribution in [0.1, 0.15) is 31.8 Å². The average molecular weight is 400 g/mol. The number of aliphatic hydroxyl groups is 1. The second-order valence-electron chi connectivity index (χ2n) is 6.74. The zero-order valence-electron chi connectivity index (χ0n) is 15.8. The first-order valence-corrected chi connectivity index (χ1v) is 10.3. The van der Waals surface area contributed by atoms with Gasteiger partial charge in [-0.25, -0.2) is 0 Å². The van der Waals surface area contributed by atoms with E-state index in [9.17, 15) is 9.90 Å². The predicted octanol–water partition coefficient (Wildman–Crippen LogP) is 5.43. The van der Waals surface area contributed by atoms with Crippen molar-refractivity contribution in [1.82, 2.24) is 5.32 Å². The minimum atomic E-state index is -0.642. The lowest BCUT2D eigenvalue weighted by Crippen LogP contribution is -2.22. The van der Waals surface area contributed by atoms with Crippen LogP contribution in [0.2, 0.25) is 0 Å². The van der Waals surface area contributed by atoms with Crippen molar-refractivity contribution in [3.05, 3.63) is 118 Å². The summed E-state index contributed by atoms with van der Waals surface area (Å²) in [6.07, 6.45) is -0.642. The van der Waals surface area contributed by atoms with Crippen molar-refractivity contribution in [3.63, 3.8) is 0 Å². The van der Waals surface area contributed by atoms with E-state index in [0.717, 1.165) is 26.4 Å². The molecule has 3 nitrogen and oxygen atoms in total. The first-order valence-electron chi connectivity index (χ1n) is 9.46. The van der Waals surface area contributed by atoms with Crippen LogP contribution in [0.3, 0.4) is 0 Å². The van der Waals surface area contributed by atoms with E-state index in [0.29, 0.717) is 12.1 Å². The Balaban J connectivity index is 1.37. The van der Waals surface area contributed by atoms with Gasteiger partial charge in [-0.3, -0.25) is 4.79 Å². The molecule has 1 amide bonds. The van der Waals surface area contributed by atoms with Crippen molar-refractivity contribution >= 4 is 17.2 Å². The number of nitrogens with one attached hydrogen (secondary N) is 1. The van der Waals surface area contributed by atoms with Crippen LogP contribution in [0.5, 0.6) is 0 Å². The highest BCUT2D eigenvalue weighted by Crippen LogP contribution is 2.28.